The summed E-state index contributed by atoms with van der Waals surface area (Å²) in [5.74, 6) is 0.415. The normalized spacial score (nSPS) is 10.5. The van der Waals surface area contributed by atoms with Crippen molar-refractivity contribution in [1.82, 2.24) is 0 Å². The molecule has 140 valence electrons. The Morgan fingerprint density at radius 1 is 1.19 bits per heavy atom. The van der Waals surface area contributed by atoms with Crippen LogP contribution in [0.15, 0.2) is 36.4 Å². The summed E-state index contributed by atoms with van der Waals surface area (Å²) in [7, 11) is 3.36. The molecule has 0 saturated heterocycles. The van der Waals surface area contributed by atoms with Crippen molar-refractivity contribution in [2.24, 2.45) is 0 Å². The van der Waals surface area contributed by atoms with Crippen LogP contribution in [0, 0.1) is 6.92 Å². The monoisotopic (exact) mass is 357 g/mol. The largest absolute Gasteiger partial charge is 0.508 e. The summed E-state index contributed by atoms with van der Waals surface area (Å²) in [4.78, 5) is 14.1. The van der Waals surface area contributed by atoms with Crippen LogP contribution < -0.4 is 9.64 Å². The summed E-state index contributed by atoms with van der Waals surface area (Å²) < 4.78 is 10.7. The molecule has 5 heteroatoms. The summed E-state index contributed by atoms with van der Waals surface area (Å²) in [5.41, 5.74) is 3.50. The zero-order valence-corrected chi connectivity index (χ0v) is 15.9. The van der Waals surface area contributed by atoms with E-state index in [2.05, 4.69) is 11.8 Å². The van der Waals surface area contributed by atoms with Crippen molar-refractivity contribution < 1.29 is 19.4 Å². The predicted molar refractivity (Wildman–Crippen MR) is 103 cm³/mol. The molecule has 2 aromatic rings. The molecule has 0 amide bonds. The molecule has 0 aromatic heterocycles. The number of ether oxygens (including phenoxy) is 2. The van der Waals surface area contributed by atoms with Gasteiger partial charge in [-0.3, -0.25) is 0 Å². The van der Waals surface area contributed by atoms with Crippen LogP contribution in [0.3, 0.4) is 0 Å². The van der Waals surface area contributed by atoms with Gasteiger partial charge in [-0.05, 0) is 54.8 Å². The van der Waals surface area contributed by atoms with Crippen LogP contribution in [0.5, 0.6) is 11.5 Å². The number of methoxy groups -OCH3 is 1. The Morgan fingerprint density at radius 3 is 2.62 bits per heavy atom. The van der Waals surface area contributed by atoms with Gasteiger partial charge in [-0.15, -0.1) is 0 Å². The fourth-order valence-electron chi connectivity index (χ4n) is 2.82. The van der Waals surface area contributed by atoms with Crippen molar-refractivity contribution >= 4 is 11.7 Å². The SMILES string of the molecule is CCCCOc1cc(CN(C)c2ccc(O)cc2C)ccc1C(=O)OC. The van der Waals surface area contributed by atoms with E-state index in [1.54, 1.807) is 18.2 Å². The lowest BCUT2D eigenvalue weighted by atomic mass is 10.1. The Labute approximate surface area is 155 Å². The lowest BCUT2D eigenvalue weighted by Gasteiger charge is -2.22. The van der Waals surface area contributed by atoms with Gasteiger partial charge in [0.15, 0.2) is 0 Å². The van der Waals surface area contributed by atoms with E-state index in [1.807, 2.05) is 32.2 Å². The molecule has 0 heterocycles. The number of rotatable bonds is 8. The second-order valence-electron chi connectivity index (χ2n) is 6.35. The Morgan fingerprint density at radius 2 is 1.96 bits per heavy atom. The number of aromatic hydroxyl groups is 1. The number of esters is 1. The highest BCUT2D eigenvalue weighted by Gasteiger charge is 2.15. The number of anilines is 1. The fraction of sp³-hybridized carbons (Fsp3) is 0.381. The van der Waals surface area contributed by atoms with E-state index in [0.29, 0.717) is 24.5 Å². The van der Waals surface area contributed by atoms with E-state index in [-0.39, 0.29) is 5.75 Å². The van der Waals surface area contributed by atoms with Crippen molar-refractivity contribution in [1.29, 1.82) is 0 Å². The third kappa shape index (κ3) is 4.91. The zero-order chi connectivity index (χ0) is 19.1. The smallest absolute Gasteiger partial charge is 0.341 e. The first-order chi connectivity index (χ1) is 12.5. The van der Waals surface area contributed by atoms with Crippen LogP contribution in [0.1, 0.15) is 41.3 Å². The third-order valence-electron chi connectivity index (χ3n) is 4.22. The van der Waals surface area contributed by atoms with Gasteiger partial charge in [0.25, 0.3) is 0 Å². The first kappa shape index (κ1) is 19.6. The molecule has 0 aliphatic heterocycles. The number of nitrogens with zero attached hydrogens (tertiary/aromatic N) is 1. The number of hydrogen-bond acceptors (Lipinski definition) is 5. The Kier molecular flexibility index (Phi) is 6.89. The van der Waals surface area contributed by atoms with E-state index < -0.39 is 5.97 Å². The highest BCUT2D eigenvalue weighted by atomic mass is 16.5. The molecule has 26 heavy (non-hydrogen) atoms. The molecule has 5 nitrogen and oxygen atoms in total. The molecule has 2 rings (SSSR count). The zero-order valence-electron chi connectivity index (χ0n) is 15.9. The molecule has 2 aromatic carbocycles. The predicted octanol–water partition coefficient (Wildman–Crippen LogP) is 4.30. The van der Waals surface area contributed by atoms with Gasteiger partial charge >= 0.3 is 5.97 Å². The molecule has 0 unspecified atom stereocenters. The van der Waals surface area contributed by atoms with Crippen LogP contribution in [0.25, 0.3) is 0 Å². The molecule has 0 fully saturated rings. The van der Waals surface area contributed by atoms with Gasteiger partial charge in [0, 0.05) is 19.3 Å². The number of hydrogen-bond donors (Lipinski definition) is 1. The van der Waals surface area contributed by atoms with Crippen LogP contribution in [-0.4, -0.2) is 31.8 Å². The van der Waals surface area contributed by atoms with Crippen LogP contribution in [0.4, 0.5) is 5.69 Å². The fourth-order valence-corrected chi connectivity index (χ4v) is 2.82. The first-order valence-electron chi connectivity index (χ1n) is 8.81. The molecule has 0 bridgehead atoms. The lowest BCUT2D eigenvalue weighted by Crippen LogP contribution is -2.17. The molecule has 0 spiro atoms. The van der Waals surface area contributed by atoms with Crippen molar-refractivity contribution in [2.75, 3.05) is 25.7 Å². The van der Waals surface area contributed by atoms with E-state index in [1.165, 1.54) is 7.11 Å². The third-order valence-corrected chi connectivity index (χ3v) is 4.22. The van der Waals surface area contributed by atoms with Gasteiger partial charge in [0.1, 0.15) is 17.1 Å². The maximum Gasteiger partial charge on any atom is 0.341 e. The number of phenolic OH excluding ortho intramolecular Hbond substituents is 1. The molecule has 1 N–H and O–H groups in total. The van der Waals surface area contributed by atoms with Crippen LogP contribution in [0.2, 0.25) is 0 Å². The second-order valence-corrected chi connectivity index (χ2v) is 6.35. The highest BCUT2D eigenvalue weighted by Crippen LogP contribution is 2.27. The maximum absolute atomic E-state index is 12.0. The summed E-state index contributed by atoms with van der Waals surface area (Å²) in [6.07, 6.45) is 1.95. The van der Waals surface area contributed by atoms with Crippen molar-refractivity contribution in [3.8, 4) is 11.5 Å². The maximum atomic E-state index is 12.0. The lowest BCUT2D eigenvalue weighted by molar-refractivity contribution is 0.0596. The number of unbranched alkanes of at least 4 members (excludes halogenated alkanes) is 1. The Bertz CT molecular complexity index is 758. The average Bonchev–Trinajstić information content (AvgIpc) is 2.61. The van der Waals surface area contributed by atoms with Crippen molar-refractivity contribution in [3.63, 3.8) is 0 Å². The Hall–Kier alpha value is -2.69. The molecular weight excluding hydrogens is 330 g/mol. The quantitative estimate of drug-likeness (QED) is 0.564. The second kappa shape index (κ2) is 9.13. The van der Waals surface area contributed by atoms with E-state index >= 15 is 0 Å². The van der Waals surface area contributed by atoms with E-state index in [9.17, 15) is 9.90 Å². The van der Waals surface area contributed by atoms with Crippen LogP contribution in [-0.2, 0) is 11.3 Å². The molecule has 0 aliphatic rings. The number of carbonyl (C=O) groups is 1. The van der Waals surface area contributed by atoms with E-state index in [0.717, 1.165) is 29.7 Å². The first-order valence-corrected chi connectivity index (χ1v) is 8.81. The average molecular weight is 357 g/mol. The summed E-state index contributed by atoms with van der Waals surface area (Å²) in [5, 5.41) is 9.58. The molecule has 0 aliphatic carbocycles. The number of benzene rings is 2. The number of carbonyl (C=O) groups excluding carboxylic acids is 1. The van der Waals surface area contributed by atoms with Crippen molar-refractivity contribution in [2.45, 2.75) is 33.2 Å². The van der Waals surface area contributed by atoms with Gasteiger partial charge in [-0.2, -0.15) is 0 Å². The van der Waals surface area contributed by atoms with Crippen LogP contribution >= 0.6 is 0 Å². The van der Waals surface area contributed by atoms with Gasteiger partial charge < -0.3 is 19.5 Å². The van der Waals surface area contributed by atoms with Gasteiger partial charge in [0.2, 0.25) is 0 Å². The summed E-state index contributed by atoms with van der Waals surface area (Å²) in [6.45, 7) is 5.27. The molecular formula is C21H27NO4. The standard InChI is InChI=1S/C21H27NO4/c1-5-6-11-26-20-13-16(7-9-18(20)21(24)25-4)14-22(3)19-10-8-17(23)12-15(19)2/h7-10,12-13,23H,5-6,11,14H2,1-4H3. The van der Waals surface area contributed by atoms with Gasteiger partial charge in [-0.25, -0.2) is 4.79 Å². The summed E-state index contributed by atoms with van der Waals surface area (Å²) >= 11 is 0. The summed E-state index contributed by atoms with van der Waals surface area (Å²) in [6, 6.07) is 10.9. The highest BCUT2D eigenvalue weighted by molar-refractivity contribution is 5.92. The van der Waals surface area contributed by atoms with Gasteiger partial charge in [-0.1, -0.05) is 19.4 Å². The Balaban J connectivity index is 2.22. The minimum atomic E-state index is -0.397. The number of phenols is 1. The molecule has 0 atom stereocenters. The minimum absolute atomic E-state index is 0.258. The van der Waals surface area contributed by atoms with Gasteiger partial charge in [0.05, 0.1) is 13.7 Å². The van der Waals surface area contributed by atoms with Crippen molar-refractivity contribution in [3.05, 3.63) is 53.1 Å². The topological polar surface area (TPSA) is 59.0 Å². The minimum Gasteiger partial charge on any atom is -0.508 e. The van der Waals surface area contributed by atoms with E-state index in [4.69, 9.17) is 9.47 Å². The molecule has 0 radical (unpaired) electrons. The molecule has 0 saturated carbocycles. The number of aryl methyl sites for hydroxylation is 1.